The molecule has 1 atom stereocenters. The van der Waals surface area contributed by atoms with Crippen molar-refractivity contribution in [3.63, 3.8) is 0 Å². The predicted molar refractivity (Wildman–Crippen MR) is 219 cm³/mol. The van der Waals surface area contributed by atoms with Crippen LogP contribution in [0.1, 0.15) is 201 Å². The number of rotatable bonds is 35. The lowest BCUT2D eigenvalue weighted by Crippen LogP contribution is -2.52. The molecule has 0 aliphatic carbocycles. The van der Waals surface area contributed by atoms with Crippen molar-refractivity contribution in [1.82, 2.24) is 0 Å². The second-order valence-electron chi connectivity index (χ2n) is 15.4. The van der Waals surface area contributed by atoms with E-state index in [4.69, 9.17) is 9.47 Å². The standard InChI is InChI=1S/C42H80NO4.CH4O4S/c1-7-9-11-13-15-17-19-21-23-25-27-29-31-33-35-37-40(44)46-42(39(3)43(4,5)6)47-41(45)38-36-34-32-30-28-26-24-22-20-18-16-14-12-10-8-2;1-5-6(2,3)4/h21-24,39,42H,7-20,25-38H2,1-6H3;1H3,(H,2,3,4)/q+1;/p-1/b23-21-,24-22-;. The molecule has 1 unspecified atom stereocenters. The summed E-state index contributed by atoms with van der Waals surface area (Å²) < 4.78 is 43.1. The third-order valence-electron chi connectivity index (χ3n) is 9.60. The molecular formula is C43H83NO8S. The fraction of sp³-hybridized carbons (Fsp3) is 0.860. The number of quaternary nitrogens is 1. The second-order valence-corrected chi connectivity index (χ2v) is 16.6. The zero-order valence-electron chi connectivity index (χ0n) is 35.4. The van der Waals surface area contributed by atoms with E-state index < -0.39 is 16.7 Å². The van der Waals surface area contributed by atoms with Gasteiger partial charge in [-0.25, -0.2) is 8.42 Å². The number of carbonyl (C=O) groups is 2. The summed E-state index contributed by atoms with van der Waals surface area (Å²) in [7, 11) is 2.50. The van der Waals surface area contributed by atoms with Gasteiger partial charge < -0.3 is 18.5 Å². The summed E-state index contributed by atoms with van der Waals surface area (Å²) in [6.07, 6.45) is 41.2. The Hall–Kier alpha value is -1.75. The fourth-order valence-electron chi connectivity index (χ4n) is 5.64. The molecule has 0 rings (SSSR count). The van der Waals surface area contributed by atoms with Crippen molar-refractivity contribution in [3.05, 3.63) is 24.3 Å². The van der Waals surface area contributed by atoms with E-state index in [2.05, 4.69) is 42.3 Å². The van der Waals surface area contributed by atoms with Crippen LogP contribution in [-0.2, 0) is 33.6 Å². The van der Waals surface area contributed by atoms with Gasteiger partial charge in [0.25, 0.3) is 6.29 Å². The molecule has 0 N–H and O–H groups in total. The Morgan fingerprint density at radius 3 is 1.08 bits per heavy atom. The average Bonchev–Trinajstić information content (AvgIpc) is 3.10. The third kappa shape index (κ3) is 41.3. The Morgan fingerprint density at radius 1 is 0.547 bits per heavy atom. The van der Waals surface area contributed by atoms with Gasteiger partial charge in [0.2, 0.25) is 10.4 Å². The van der Waals surface area contributed by atoms with Gasteiger partial charge in [0, 0.05) is 12.8 Å². The molecule has 0 bridgehead atoms. The van der Waals surface area contributed by atoms with Crippen LogP contribution >= 0.6 is 0 Å². The van der Waals surface area contributed by atoms with Crippen LogP contribution in [0.2, 0.25) is 0 Å². The van der Waals surface area contributed by atoms with Crippen molar-refractivity contribution in [2.24, 2.45) is 0 Å². The van der Waals surface area contributed by atoms with Crippen molar-refractivity contribution in [2.45, 2.75) is 213 Å². The summed E-state index contributed by atoms with van der Waals surface area (Å²) >= 11 is 0. The van der Waals surface area contributed by atoms with Crippen molar-refractivity contribution in [3.8, 4) is 0 Å². The van der Waals surface area contributed by atoms with Gasteiger partial charge in [0.15, 0.2) is 6.04 Å². The number of likely N-dealkylation sites (N-methyl/N-ethyl adjacent to an activating group) is 1. The van der Waals surface area contributed by atoms with E-state index in [-0.39, 0.29) is 18.0 Å². The SMILES string of the molecule is CCCCCCCC/C=C\CCCCCCCC(=O)OC(OC(=O)CCCCCCC/C=C\CCCCCCCC)C(C)[N+](C)(C)C.COS(=O)(=O)[O-]. The maximum Gasteiger partial charge on any atom is 0.309 e. The maximum atomic E-state index is 12.7. The number of ether oxygens (including phenoxy) is 2. The Bertz CT molecular complexity index is 952. The van der Waals surface area contributed by atoms with Crippen LogP contribution in [0, 0.1) is 0 Å². The molecule has 314 valence electrons. The molecule has 0 saturated heterocycles. The zero-order valence-corrected chi connectivity index (χ0v) is 36.2. The van der Waals surface area contributed by atoms with E-state index in [9.17, 15) is 22.6 Å². The number of allylic oxidation sites excluding steroid dienone is 4. The number of hydrogen-bond acceptors (Lipinski definition) is 8. The second kappa shape index (κ2) is 37.2. The fourth-order valence-corrected chi connectivity index (χ4v) is 5.64. The number of hydrogen-bond donors (Lipinski definition) is 0. The number of nitrogens with zero attached hydrogens (tertiary/aromatic N) is 1. The van der Waals surface area contributed by atoms with Crippen LogP contribution in [0.3, 0.4) is 0 Å². The van der Waals surface area contributed by atoms with Gasteiger partial charge in [-0.2, -0.15) is 0 Å². The molecule has 0 aliphatic heterocycles. The largest absolute Gasteiger partial charge is 0.726 e. The van der Waals surface area contributed by atoms with Crippen molar-refractivity contribution >= 4 is 22.3 Å². The van der Waals surface area contributed by atoms with E-state index in [1.165, 1.54) is 116 Å². The molecule has 0 aromatic rings. The lowest BCUT2D eigenvalue weighted by Gasteiger charge is -2.35. The first-order valence-electron chi connectivity index (χ1n) is 21.3. The monoisotopic (exact) mass is 774 g/mol. The molecule has 53 heavy (non-hydrogen) atoms. The highest BCUT2D eigenvalue weighted by atomic mass is 32.3. The number of carbonyl (C=O) groups excluding carboxylic acids is 2. The lowest BCUT2D eigenvalue weighted by molar-refractivity contribution is -0.900. The molecule has 0 saturated carbocycles. The van der Waals surface area contributed by atoms with E-state index in [0.29, 0.717) is 17.3 Å². The number of esters is 2. The molecule has 0 radical (unpaired) electrons. The van der Waals surface area contributed by atoms with E-state index >= 15 is 0 Å². The third-order valence-corrected chi connectivity index (χ3v) is 10.0. The summed E-state index contributed by atoms with van der Waals surface area (Å²) in [5.41, 5.74) is 0. The topological polar surface area (TPSA) is 119 Å². The smallest absolute Gasteiger partial charge is 0.309 e. The summed E-state index contributed by atoms with van der Waals surface area (Å²) in [4.78, 5) is 25.3. The molecule has 0 fully saturated rings. The lowest BCUT2D eigenvalue weighted by atomic mass is 10.1. The van der Waals surface area contributed by atoms with Gasteiger partial charge in [-0.05, 0) is 71.1 Å². The van der Waals surface area contributed by atoms with Crippen LogP contribution in [0.25, 0.3) is 0 Å². The molecule has 0 aromatic carbocycles. The van der Waals surface area contributed by atoms with E-state index in [1.807, 2.05) is 28.1 Å². The summed E-state index contributed by atoms with van der Waals surface area (Å²) in [5.74, 6) is -0.525. The molecule has 0 amide bonds. The van der Waals surface area contributed by atoms with Gasteiger partial charge >= 0.3 is 11.9 Å². The Morgan fingerprint density at radius 2 is 0.811 bits per heavy atom. The maximum absolute atomic E-state index is 12.7. The number of unbranched alkanes of at least 4 members (excludes halogenated alkanes) is 22. The summed E-state index contributed by atoms with van der Waals surface area (Å²) in [6, 6.07) is -0.147. The first-order valence-corrected chi connectivity index (χ1v) is 22.6. The minimum atomic E-state index is -4.41. The highest BCUT2D eigenvalue weighted by Crippen LogP contribution is 2.17. The van der Waals surface area contributed by atoms with Gasteiger partial charge in [-0.1, -0.05) is 141 Å². The molecule has 0 spiro atoms. The molecule has 10 heteroatoms. The zero-order chi connectivity index (χ0) is 40.1. The highest BCUT2D eigenvalue weighted by molar-refractivity contribution is 7.80. The van der Waals surface area contributed by atoms with Gasteiger partial charge in [0.1, 0.15) is 0 Å². The predicted octanol–water partition coefficient (Wildman–Crippen LogP) is 11.7. The minimum absolute atomic E-state index is 0.147. The summed E-state index contributed by atoms with van der Waals surface area (Å²) in [6.45, 7) is 6.51. The van der Waals surface area contributed by atoms with E-state index in [0.717, 1.165) is 58.5 Å². The molecule has 0 heterocycles. The van der Waals surface area contributed by atoms with Crippen LogP contribution in [0.4, 0.5) is 0 Å². The molecule has 0 aliphatic rings. The highest BCUT2D eigenvalue weighted by Gasteiger charge is 2.34. The first kappa shape index (κ1) is 53.4. The quantitative estimate of drug-likeness (QED) is 0.0119. The molecule has 9 nitrogen and oxygen atoms in total. The van der Waals surface area contributed by atoms with E-state index in [1.54, 1.807) is 0 Å². The van der Waals surface area contributed by atoms with Crippen LogP contribution in [0.15, 0.2) is 24.3 Å². The van der Waals surface area contributed by atoms with Gasteiger partial charge in [-0.15, -0.1) is 0 Å². The van der Waals surface area contributed by atoms with Gasteiger partial charge in [-0.3, -0.25) is 13.8 Å². The average molecular weight is 774 g/mol. The Labute approximate surface area is 327 Å². The van der Waals surface area contributed by atoms with Crippen molar-refractivity contribution < 1.29 is 40.7 Å². The van der Waals surface area contributed by atoms with Gasteiger partial charge in [0.05, 0.1) is 28.3 Å². The van der Waals surface area contributed by atoms with Crippen LogP contribution < -0.4 is 0 Å². The normalized spacial score (nSPS) is 12.7. The first-order chi connectivity index (χ1) is 25.3. The van der Waals surface area contributed by atoms with Crippen molar-refractivity contribution in [2.75, 3.05) is 28.3 Å². The molecular weight excluding hydrogens is 691 g/mol. The Kier molecular flexibility index (Phi) is 37.4. The van der Waals surface area contributed by atoms with Crippen molar-refractivity contribution in [1.29, 1.82) is 0 Å². The molecule has 0 aromatic heterocycles. The van der Waals surface area contributed by atoms with Crippen LogP contribution in [-0.4, -0.2) is 70.0 Å². The summed E-state index contributed by atoms with van der Waals surface area (Å²) in [5, 5.41) is 0. The Balaban J connectivity index is 0. The minimum Gasteiger partial charge on any atom is -0.726 e. The van der Waals surface area contributed by atoms with Crippen LogP contribution in [0.5, 0.6) is 0 Å².